The molecule has 0 fully saturated rings. The third kappa shape index (κ3) is 3.72. The van der Waals surface area contributed by atoms with E-state index in [4.69, 9.17) is 11.6 Å². The molecule has 0 amide bonds. The van der Waals surface area contributed by atoms with Gasteiger partial charge in [-0.1, -0.05) is 23.7 Å². The van der Waals surface area contributed by atoms with Crippen molar-refractivity contribution in [1.29, 1.82) is 0 Å². The van der Waals surface area contributed by atoms with Crippen molar-refractivity contribution >= 4 is 27.3 Å². The molecule has 0 heterocycles. The van der Waals surface area contributed by atoms with E-state index < -0.39 is 26.7 Å². The van der Waals surface area contributed by atoms with E-state index in [0.29, 0.717) is 11.1 Å². The molecule has 0 atom stereocenters. The summed E-state index contributed by atoms with van der Waals surface area (Å²) < 4.78 is 64.5. The fraction of sp³-hybridized carbons (Fsp3) is 0.143. The van der Waals surface area contributed by atoms with E-state index in [1.165, 1.54) is 12.1 Å². The zero-order valence-corrected chi connectivity index (χ0v) is 12.9. The van der Waals surface area contributed by atoms with Gasteiger partial charge in [0.05, 0.1) is 16.1 Å². The number of nitrogens with one attached hydrogen (secondary N) is 1. The first-order valence-corrected chi connectivity index (χ1v) is 7.92. The van der Waals surface area contributed by atoms with Crippen LogP contribution in [0.15, 0.2) is 47.4 Å². The van der Waals surface area contributed by atoms with Crippen LogP contribution in [-0.2, 0) is 16.2 Å². The third-order valence-corrected chi connectivity index (χ3v) is 4.68. The Morgan fingerprint density at radius 3 is 2.36 bits per heavy atom. The van der Waals surface area contributed by atoms with E-state index in [9.17, 15) is 21.6 Å². The van der Waals surface area contributed by atoms with Gasteiger partial charge < -0.3 is 0 Å². The average Bonchev–Trinajstić information content (AvgIpc) is 2.42. The molecule has 3 nitrogen and oxygen atoms in total. The Balaban J connectivity index is 2.36. The summed E-state index contributed by atoms with van der Waals surface area (Å²) in [5, 5.41) is 0.351. The highest BCUT2D eigenvalue weighted by molar-refractivity contribution is 7.92. The molecule has 0 saturated carbocycles. The summed E-state index contributed by atoms with van der Waals surface area (Å²) in [6.45, 7) is 1.74. The van der Waals surface area contributed by atoms with E-state index in [1.807, 2.05) is 0 Å². The van der Waals surface area contributed by atoms with Gasteiger partial charge in [-0.05, 0) is 42.8 Å². The predicted molar refractivity (Wildman–Crippen MR) is 78.4 cm³/mol. The van der Waals surface area contributed by atoms with Gasteiger partial charge in [-0.25, -0.2) is 8.42 Å². The quantitative estimate of drug-likeness (QED) is 0.888. The van der Waals surface area contributed by atoms with E-state index in [2.05, 4.69) is 4.72 Å². The summed E-state index contributed by atoms with van der Waals surface area (Å²) >= 11 is 5.89. The molecule has 8 heteroatoms. The van der Waals surface area contributed by atoms with Crippen LogP contribution >= 0.6 is 11.6 Å². The van der Waals surface area contributed by atoms with Gasteiger partial charge >= 0.3 is 6.18 Å². The predicted octanol–water partition coefficient (Wildman–Crippen LogP) is 4.47. The lowest BCUT2D eigenvalue weighted by Gasteiger charge is -2.11. The Hall–Kier alpha value is -1.73. The molecule has 0 unspecified atom stereocenters. The Kier molecular flexibility index (Phi) is 4.39. The minimum atomic E-state index is -4.61. The van der Waals surface area contributed by atoms with Crippen LogP contribution < -0.4 is 4.72 Å². The van der Waals surface area contributed by atoms with Crippen molar-refractivity contribution in [2.45, 2.75) is 18.0 Å². The number of aryl methyl sites for hydroxylation is 1. The van der Waals surface area contributed by atoms with Gasteiger partial charge in [-0.15, -0.1) is 0 Å². The molecule has 118 valence electrons. The van der Waals surface area contributed by atoms with Crippen molar-refractivity contribution < 1.29 is 21.6 Å². The Morgan fingerprint density at radius 2 is 1.77 bits per heavy atom. The molecule has 0 radical (unpaired) electrons. The molecular weight excluding hydrogens is 339 g/mol. The highest BCUT2D eigenvalue weighted by atomic mass is 35.5. The number of hydrogen-bond acceptors (Lipinski definition) is 2. The Morgan fingerprint density at radius 1 is 1.09 bits per heavy atom. The largest absolute Gasteiger partial charge is 0.416 e. The molecule has 0 aliphatic carbocycles. The molecule has 2 aromatic rings. The first kappa shape index (κ1) is 16.6. The number of rotatable bonds is 3. The molecule has 2 aromatic carbocycles. The SMILES string of the molecule is Cc1ccc(NS(=O)(=O)c2cccc(C(F)(F)F)c2)cc1Cl. The second-order valence-electron chi connectivity index (χ2n) is 4.60. The van der Waals surface area contributed by atoms with Crippen LogP contribution in [-0.4, -0.2) is 8.42 Å². The molecule has 2 rings (SSSR count). The zero-order chi connectivity index (χ0) is 16.5. The lowest BCUT2D eigenvalue weighted by atomic mass is 10.2. The third-order valence-electron chi connectivity index (χ3n) is 2.90. The smallest absolute Gasteiger partial charge is 0.280 e. The number of benzene rings is 2. The van der Waals surface area contributed by atoms with E-state index in [0.717, 1.165) is 23.8 Å². The van der Waals surface area contributed by atoms with Gasteiger partial charge in [0.1, 0.15) is 0 Å². The topological polar surface area (TPSA) is 46.2 Å². The second kappa shape index (κ2) is 5.81. The maximum Gasteiger partial charge on any atom is 0.416 e. The molecule has 0 spiro atoms. The summed E-state index contributed by atoms with van der Waals surface area (Å²) in [6.07, 6.45) is -4.61. The van der Waals surface area contributed by atoms with Crippen LogP contribution in [0.3, 0.4) is 0 Å². The summed E-state index contributed by atoms with van der Waals surface area (Å²) in [5.74, 6) is 0. The molecule has 0 aromatic heterocycles. The van der Waals surface area contributed by atoms with Crippen molar-refractivity contribution in [1.82, 2.24) is 0 Å². The van der Waals surface area contributed by atoms with Crippen molar-refractivity contribution in [2.75, 3.05) is 4.72 Å². The summed E-state index contributed by atoms with van der Waals surface area (Å²) in [5.41, 5.74) is -0.103. The van der Waals surface area contributed by atoms with Crippen LogP contribution in [0.2, 0.25) is 5.02 Å². The number of hydrogen-bond donors (Lipinski definition) is 1. The van der Waals surface area contributed by atoms with E-state index in [1.54, 1.807) is 13.0 Å². The normalized spacial score (nSPS) is 12.2. The maximum absolute atomic E-state index is 12.6. The Bertz CT molecular complexity index is 804. The molecule has 0 aliphatic heterocycles. The minimum Gasteiger partial charge on any atom is -0.280 e. The van der Waals surface area contributed by atoms with E-state index >= 15 is 0 Å². The van der Waals surface area contributed by atoms with Crippen molar-refractivity contribution in [3.8, 4) is 0 Å². The first-order valence-electron chi connectivity index (χ1n) is 6.06. The zero-order valence-electron chi connectivity index (χ0n) is 11.3. The molecular formula is C14H11ClF3NO2S. The van der Waals surface area contributed by atoms with Crippen LogP contribution in [0.5, 0.6) is 0 Å². The molecule has 0 saturated heterocycles. The van der Waals surface area contributed by atoms with Crippen LogP contribution in [0.4, 0.5) is 18.9 Å². The van der Waals surface area contributed by atoms with Gasteiger partial charge in [0.15, 0.2) is 0 Å². The lowest BCUT2D eigenvalue weighted by molar-refractivity contribution is -0.137. The lowest BCUT2D eigenvalue weighted by Crippen LogP contribution is -2.14. The van der Waals surface area contributed by atoms with Gasteiger partial charge in [0, 0.05) is 5.02 Å². The summed E-state index contributed by atoms with van der Waals surface area (Å²) in [7, 11) is -4.13. The number of alkyl halides is 3. The summed E-state index contributed by atoms with van der Waals surface area (Å²) in [4.78, 5) is -0.473. The molecule has 1 N–H and O–H groups in total. The second-order valence-corrected chi connectivity index (χ2v) is 6.68. The van der Waals surface area contributed by atoms with Crippen LogP contribution in [0.25, 0.3) is 0 Å². The Labute approximate surface area is 130 Å². The number of anilines is 1. The monoisotopic (exact) mass is 349 g/mol. The van der Waals surface area contributed by atoms with Gasteiger partial charge in [0.25, 0.3) is 10.0 Å². The highest BCUT2D eigenvalue weighted by Crippen LogP contribution is 2.31. The maximum atomic E-state index is 12.6. The summed E-state index contributed by atoms with van der Waals surface area (Å²) in [6, 6.07) is 7.99. The average molecular weight is 350 g/mol. The van der Waals surface area contributed by atoms with Gasteiger partial charge in [0.2, 0.25) is 0 Å². The van der Waals surface area contributed by atoms with Gasteiger partial charge in [-0.3, -0.25) is 4.72 Å². The van der Waals surface area contributed by atoms with Crippen LogP contribution in [0.1, 0.15) is 11.1 Å². The van der Waals surface area contributed by atoms with Crippen molar-refractivity contribution in [3.05, 3.63) is 58.6 Å². The fourth-order valence-corrected chi connectivity index (χ4v) is 2.99. The van der Waals surface area contributed by atoms with E-state index in [-0.39, 0.29) is 5.69 Å². The minimum absolute atomic E-state index is 0.174. The highest BCUT2D eigenvalue weighted by Gasteiger charge is 2.31. The standard InChI is InChI=1S/C14H11ClF3NO2S/c1-9-5-6-11(8-13(9)15)19-22(20,21)12-4-2-3-10(7-12)14(16,17)18/h2-8,19H,1H3. The van der Waals surface area contributed by atoms with Gasteiger partial charge in [-0.2, -0.15) is 13.2 Å². The number of sulfonamides is 1. The number of halogens is 4. The van der Waals surface area contributed by atoms with Crippen molar-refractivity contribution in [3.63, 3.8) is 0 Å². The molecule has 0 aliphatic rings. The fourth-order valence-electron chi connectivity index (χ4n) is 1.71. The van der Waals surface area contributed by atoms with Crippen molar-refractivity contribution in [2.24, 2.45) is 0 Å². The molecule has 22 heavy (non-hydrogen) atoms. The van der Waals surface area contributed by atoms with Crippen LogP contribution in [0, 0.1) is 6.92 Å². The first-order chi connectivity index (χ1) is 10.1. The molecule has 0 bridgehead atoms.